The number of anilines is 1. The largest absolute Gasteiger partial charge is 0.370 e. The molecule has 1 N–H and O–H groups in total. The Balaban J connectivity index is 1.90. The van der Waals surface area contributed by atoms with Crippen molar-refractivity contribution >= 4 is 5.82 Å². The lowest BCUT2D eigenvalue weighted by molar-refractivity contribution is 0.857. The van der Waals surface area contributed by atoms with Crippen LogP contribution in [0.4, 0.5) is 5.82 Å². The van der Waals surface area contributed by atoms with Gasteiger partial charge in [0.25, 0.3) is 0 Å². The number of nitrogens with one attached hydrogen (secondary N) is 1. The molecule has 76 valence electrons. The minimum absolute atomic E-state index is 0.889. The van der Waals surface area contributed by atoms with Crippen LogP contribution in [0, 0.1) is 5.92 Å². The van der Waals surface area contributed by atoms with Crippen LogP contribution in [0.1, 0.15) is 31.9 Å². The van der Waals surface area contributed by atoms with Crippen LogP contribution in [-0.4, -0.2) is 16.5 Å². The third-order valence-corrected chi connectivity index (χ3v) is 2.50. The van der Waals surface area contributed by atoms with Gasteiger partial charge in [0, 0.05) is 18.3 Å². The van der Waals surface area contributed by atoms with Gasteiger partial charge in [-0.15, -0.1) is 0 Å². The maximum atomic E-state index is 4.22. The van der Waals surface area contributed by atoms with Crippen LogP contribution < -0.4 is 5.32 Å². The molecule has 1 saturated carbocycles. The lowest BCUT2D eigenvalue weighted by Gasteiger charge is -2.05. The van der Waals surface area contributed by atoms with Gasteiger partial charge in [-0.2, -0.15) is 0 Å². The Morgan fingerprint density at radius 2 is 2.29 bits per heavy atom. The fraction of sp³-hybridized carbons (Fsp3) is 0.636. The summed E-state index contributed by atoms with van der Waals surface area (Å²) in [5.74, 6) is 1.87. The first-order valence-electron chi connectivity index (χ1n) is 5.43. The maximum absolute atomic E-state index is 4.22. The average Bonchev–Trinajstić information content (AvgIpc) is 2.99. The molecule has 0 unspecified atom stereocenters. The topological polar surface area (TPSA) is 37.8 Å². The molecular formula is C11H17N3. The molecule has 0 aromatic carbocycles. The molecule has 0 atom stereocenters. The molecule has 0 bridgehead atoms. The summed E-state index contributed by atoms with van der Waals surface area (Å²) in [7, 11) is 0. The second-order valence-electron chi connectivity index (χ2n) is 3.97. The molecule has 0 saturated heterocycles. The summed E-state index contributed by atoms with van der Waals surface area (Å²) in [4.78, 5) is 8.42. The van der Waals surface area contributed by atoms with Crippen LogP contribution >= 0.6 is 0 Å². The Labute approximate surface area is 85.0 Å². The molecule has 1 aromatic rings. The Kier molecular flexibility index (Phi) is 2.96. The zero-order chi connectivity index (χ0) is 9.80. The average molecular weight is 191 g/mol. The molecule has 1 aliphatic carbocycles. The standard InChI is InChI=1S/C11H17N3/c1-2-3-10-6-11(14-8-13-10)12-7-9-4-5-9/h6,8-9H,2-5,7H2,1H3,(H,12,13,14). The van der Waals surface area contributed by atoms with Crippen molar-refractivity contribution in [1.82, 2.24) is 9.97 Å². The summed E-state index contributed by atoms with van der Waals surface area (Å²) in [5, 5.41) is 3.35. The lowest BCUT2D eigenvalue weighted by Crippen LogP contribution is -2.05. The molecule has 0 spiro atoms. The zero-order valence-corrected chi connectivity index (χ0v) is 8.66. The smallest absolute Gasteiger partial charge is 0.129 e. The minimum Gasteiger partial charge on any atom is -0.370 e. The fourth-order valence-electron chi connectivity index (χ4n) is 1.46. The summed E-state index contributed by atoms with van der Waals surface area (Å²) < 4.78 is 0. The van der Waals surface area contributed by atoms with Gasteiger partial charge in [0.05, 0.1) is 0 Å². The molecular weight excluding hydrogens is 174 g/mol. The number of hydrogen-bond donors (Lipinski definition) is 1. The molecule has 1 fully saturated rings. The first-order valence-corrected chi connectivity index (χ1v) is 5.43. The van der Waals surface area contributed by atoms with Gasteiger partial charge in [0.2, 0.25) is 0 Å². The third kappa shape index (κ3) is 2.69. The van der Waals surface area contributed by atoms with Gasteiger partial charge < -0.3 is 5.32 Å². The van der Waals surface area contributed by atoms with Crippen LogP contribution in [0.25, 0.3) is 0 Å². The summed E-state index contributed by atoms with van der Waals surface area (Å²) in [6.45, 7) is 3.24. The highest BCUT2D eigenvalue weighted by atomic mass is 15.0. The summed E-state index contributed by atoms with van der Waals surface area (Å²) >= 11 is 0. The van der Waals surface area contributed by atoms with Crippen LogP contribution in [-0.2, 0) is 6.42 Å². The molecule has 2 rings (SSSR count). The highest BCUT2D eigenvalue weighted by Gasteiger charge is 2.20. The highest BCUT2D eigenvalue weighted by Crippen LogP contribution is 2.28. The molecule has 1 aromatic heterocycles. The first kappa shape index (κ1) is 9.44. The van der Waals surface area contributed by atoms with Crippen molar-refractivity contribution in [1.29, 1.82) is 0 Å². The molecule has 1 aliphatic rings. The summed E-state index contributed by atoms with van der Waals surface area (Å²) in [6, 6.07) is 2.06. The van der Waals surface area contributed by atoms with E-state index in [-0.39, 0.29) is 0 Å². The number of nitrogens with zero attached hydrogens (tertiary/aromatic N) is 2. The van der Waals surface area contributed by atoms with Crippen molar-refractivity contribution in [3.63, 3.8) is 0 Å². The van der Waals surface area contributed by atoms with E-state index >= 15 is 0 Å². The van der Waals surface area contributed by atoms with Crippen LogP contribution in [0.3, 0.4) is 0 Å². The minimum atomic E-state index is 0.889. The van der Waals surface area contributed by atoms with Gasteiger partial charge in [-0.25, -0.2) is 9.97 Å². The van der Waals surface area contributed by atoms with Crippen molar-refractivity contribution in [2.45, 2.75) is 32.6 Å². The Bertz CT molecular complexity index is 294. The van der Waals surface area contributed by atoms with Crippen molar-refractivity contribution in [2.75, 3.05) is 11.9 Å². The molecule has 14 heavy (non-hydrogen) atoms. The predicted molar refractivity (Wildman–Crippen MR) is 57.2 cm³/mol. The van der Waals surface area contributed by atoms with Gasteiger partial charge in [-0.05, 0) is 25.2 Å². The molecule has 0 radical (unpaired) electrons. The van der Waals surface area contributed by atoms with Gasteiger partial charge in [0.1, 0.15) is 12.1 Å². The van der Waals surface area contributed by atoms with Gasteiger partial charge in [-0.1, -0.05) is 13.3 Å². The Morgan fingerprint density at radius 1 is 1.43 bits per heavy atom. The van der Waals surface area contributed by atoms with E-state index in [4.69, 9.17) is 0 Å². The third-order valence-electron chi connectivity index (χ3n) is 2.50. The second kappa shape index (κ2) is 4.40. The molecule has 1 heterocycles. The zero-order valence-electron chi connectivity index (χ0n) is 8.66. The SMILES string of the molecule is CCCc1cc(NCC2CC2)ncn1. The van der Waals surface area contributed by atoms with Crippen molar-refractivity contribution < 1.29 is 0 Å². The molecule has 0 aliphatic heterocycles. The molecule has 3 nitrogen and oxygen atoms in total. The summed E-state index contributed by atoms with van der Waals surface area (Å²) in [5.41, 5.74) is 1.14. The normalized spacial score (nSPS) is 15.5. The number of hydrogen-bond acceptors (Lipinski definition) is 3. The van der Waals surface area contributed by atoms with Gasteiger partial charge in [0.15, 0.2) is 0 Å². The number of aryl methyl sites for hydroxylation is 1. The van der Waals surface area contributed by atoms with E-state index in [1.54, 1.807) is 6.33 Å². The van der Waals surface area contributed by atoms with Crippen molar-refractivity contribution in [2.24, 2.45) is 5.92 Å². The van der Waals surface area contributed by atoms with E-state index < -0.39 is 0 Å². The number of aromatic nitrogens is 2. The molecule has 3 heteroatoms. The Hall–Kier alpha value is -1.12. The van der Waals surface area contributed by atoms with Crippen molar-refractivity contribution in [3.8, 4) is 0 Å². The predicted octanol–water partition coefficient (Wildman–Crippen LogP) is 2.25. The number of rotatable bonds is 5. The Morgan fingerprint density at radius 3 is 3.00 bits per heavy atom. The highest BCUT2D eigenvalue weighted by molar-refractivity contribution is 5.35. The lowest BCUT2D eigenvalue weighted by atomic mass is 10.2. The van der Waals surface area contributed by atoms with Crippen LogP contribution in [0.2, 0.25) is 0 Å². The van der Waals surface area contributed by atoms with E-state index in [0.29, 0.717) is 0 Å². The van der Waals surface area contributed by atoms with E-state index in [0.717, 1.165) is 36.8 Å². The monoisotopic (exact) mass is 191 g/mol. The fourth-order valence-corrected chi connectivity index (χ4v) is 1.46. The van der Waals surface area contributed by atoms with Gasteiger partial charge in [-0.3, -0.25) is 0 Å². The molecule has 0 amide bonds. The van der Waals surface area contributed by atoms with E-state index in [1.807, 2.05) is 0 Å². The summed E-state index contributed by atoms with van der Waals surface area (Å²) in [6.07, 6.45) is 6.58. The van der Waals surface area contributed by atoms with E-state index in [9.17, 15) is 0 Å². The van der Waals surface area contributed by atoms with Crippen molar-refractivity contribution in [3.05, 3.63) is 18.1 Å². The van der Waals surface area contributed by atoms with E-state index in [1.165, 1.54) is 12.8 Å². The first-order chi connectivity index (χ1) is 6.88. The van der Waals surface area contributed by atoms with E-state index in [2.05, 4.69) is 28.3 Å². The maximum Gasteiger partial charge on any atom is 0.129 e. The van der Waals surface area contributed by atoms with Crippen LogP contribution in [0.15, 0.2) is 12.4 Å². The van der Waals surface area contributed by atoms with Gasteiger partial charge >= 0.3 is 0 Å². The van der Waals surface area contributed by atoms with Crippen LogP contribution in [0.5, 0.6) is 0 Å². The second-order valence-corrected chi connectivity index (χ2v) is 3.97. The quantitative estimate of drug-likeness (QED) is 0.775.